The fourth-order valence-electron chi connectivity index (χ4n) is 3.02. The van der Waals surface area contributed by atoms with Crippen LogP contribution in [-0.4, -0.2) is 89.6 Å². The van der Waals surface area contributed by atoms with Gasteiger partial charge in [0.1, 0.15) is 6.04 Å². The third kappa shape index (κ3) is 4.13. The normalized spacial score (nSPS) is 22.5. The highest BCUT2D eigenvalue weighted by molar-refractivity contribution is 5.85. The molecular formula is C15H26N4O4. The number of carboxylic acid groups (broad SMARTS) is 1. The molecule has 0 aromatic heterocycles. The molecule has 3 amide bonds. The van der Waals surface area contributed by atoms with Gasteiger partial charge in [0.25, 0.3) is 0 Å². The topological polar surface area (TPSA) is 103 Å². The van der Waals surface area contributed by atoms with Crippen LogP contribution in [-0.2, 0) is 9.59 Å². The zero-order valence-electron chi connectivity index (χ0n) is 14.0. The third-order valence-corrected chi connectivity index (χ3v) is 4.39. The molecular weight excluding hydrogens is 300 g/mol. The number of likely N-dealkylation sites (N-methyl/N-ethyl adjacent to an activating group) is 1. The highest BCUT2D eigenvalue weighted by Crippen LogP contribution is 2.14. The molecule has 2 saturated heterocycles. The molecule has 23 heavy (non-hydrogen) atoms. The van der Waals surface area contributed by atoms with E-state index in [0.717, 1.165) is 6.54 Å². The standard InChI is InChI=1S/C15H26N4O4/c1-10(2)12(14(21)22)17(3)15(23)19-6-4-5-18(7-8-19)13(20)11-9-16-11/h10-12,16H,4-9H2,1-3H3,(H,21,22)/t11-,12+/m1/s1. The molecule has 0 aliphatic carbocycles. The highest BCUT2D eigenvalue weighted by atomic mass is 16.4. The van der Waals surface area contributed by atoms with E-state index < -0.39 is 12.0 Å². The van der Waals surface area contributed by atoms with Crippen molar-refractivity contribution < 1.29 is 19.5 Å². The van der Waals surface area contributed by atoms with Gasteiger partial charge in [-0.2, -0.15) is 0 Å². The van der Waals surface area contributed by atoms with Gasteiger partial charge >= 0.3 is 12.0 Å². The number of carbonyl (C=O) groups excluding carboxylic acids is 2. The van der Waals surface area contributed by atoms with E-state index in [1.807, 2.05) is 0 Å². The van der Waals surface area contributed by atoms with Crippen molar-refractivity contribution in [3.63, 3.8) is 0 Å². The van der Waals surface area contributed by atoms with Gasteiger partial charge in [0.2, 0.25) is 5.91 Å². The summed E-state index contributed by atoms with van der Waals surface area (Å²) in [5.74, 6) is -1.08. The molecule has 2 heterocycles. The van der Waals surface area contributed by atoms with Crippen LogP contribution < -0.4 is 5.32 Å². The molecule has 2 rings (SSSR count). The summed E-state index contributed by atoms with van der Waals surface area (Å²) < 4.78 is 0. The summed E-state index contributed by atoms with van der Waals surface area (Å²) in [6, 6.07) is -1.19. The van der Waals surface area contributed by atoms with Crippen LogP contribution in [0.1, 0.15) is 20.3 Å². The Kier molecular flexibility index (Phi) is 5.46. The Morgan fingerprint density at radius 3 is 2.22 bits per heavy atom. The van der Waals surface area contributed by atoms with Crippen molar-refractivity contribution in [3.05, 3.63) is 0 Å². The van der Waals surface area contributed by atoms with Crippen molar-refractivity contribution >= 4 is 17.9 Å². The maximum Gasteiger partial charge on any atom is 0.326 e. The number of aliphatic carboxylic acids is 1. The fraction of sp³-hybridized carbons (Fsp3) is 0.800. The van der Waals surface area contributed by atoms with Gasteiger partial charge in [-0.1, -0.05) is 13.8 Å². The van der Waals surface area contributed by atoms with Crippen LogP contribution in [0.5, 0.6) is 0 Å². The van der Waals surface area contributed by atoms with Gasteiger partial charge in [0.15, 0.2) is 0 Å². The number of carbonyl (C=O) groups is 3. The third-order valence-electron chi connectivity index (χ3n) is 4.39. The summed E-state index contributed by atoms with van der Waals surface area (Å²) in [4.78, 5) is 40.8. The lowest BCUT2D eigenvalue weighted by Gasteiger charge is -2.32. The summed E-state index contributed by atoms with van der Waals surface area (Å²) in [7, 11) is 1.53. The number of amides is 3. The lowest BCUT2D eigenvalue weighted by molar-refractivity contribution is -0.143. The second-order valence-corrected chi connectivity index (χ2v) is 6.55. The van der Waals surface area contributed by atoms with E-state index in [2.05, 4.69) is 5.32 Å². The van der Waals surface area contributed by atoms with E-state index >= 15 is 0 Å². The number of carboxylic acids is 1. The van der Waals surface area contributed by atoms with Crippen LogP contribution in [0.3, 0.4) is 0 Å². The zero-order chi connectivity index (χ0) is 17.1. The molecule has 2 aliphatic heterocycles. The number of nitrogens with zero attached hydrogens (tertiary/aromatic N) is 3. The summed E-state index contributed by atoms with van der Waals surface area (Å²) in [5, 5.41) is 12.3. The Hall–Kier alpha value is -1.83. The second-order valence-electron chi connectivity index (χ2n) is 6.55. The number of hydrogen-bond acceptors (Lipinski definition) is 4. The average molecular weight is 326 g/mol. The van der Waals surface area contributed by atoms with Crippen LogP contribution in [0.25, 0.3) is 0 Å². The van der Waals surface area contributed by atoms with Crippen LogP contribution >= 0.6 is 0 Å². The van der Waals surface area contributed by atoms with E-state index in [0.29, 0.717) is 32.6 Å². The summed E-state index contributed by atoms with van der Waals surface area (Å²) in [6.07, 6.45) is 0.706. The van der Waals surface area contributed by atoms with E-state index in [1.165, 1.54) is 11.9 Å². The average Bonchev–Trinajstić information content (AvgIpc) is 3.31. The Morgan fingerprint density at radius 2 is 1.70 bits per heavy atom. The minimum absolute atomic E-state index is 0.0581. The molecule has 2 N–H and O–H groups in total. The number of urea groups is 1. The maximum absolute atomic E-state index is 12.6. The molecule has 8 nitrogen and oxygen atoms in total. The zero-order valence-corrected chi connectivity index (χ0v) is 14.0. The van der Waals surface area contributed by atoms with Crippen molar-refractivity contribution in [2.45, 2.75) is 32.4 Å². The number of rotatable bonds is 4. The van der Waals surface area contributed by atoms with E-state index in [1.54, 1.807) is 23.6 Å². The molecule has 0 spiro atoms. The lowest BCUT2D eigenvalue weighted by Crippen LogP contribution is -2.52. The van der Waals surface area contributed by atoms with Gasteiger partial charge in [-0.15, -0.1) is 0 Å². The highest BCUT2D eigenvalue weighted by Gasteiger charge is 2.35. The quantitative estimate of drug-likeness (QED) is 0.688. The smallest absolute Gasteiger partial charge is 0.326 e. The lowest BCUT2D eigenvalue weighted by atomic mass is 10.0. The van der Waals surface area contributed by atoms with E-state index in [4.69, 9.17) is 0 Å². The Morgan fingerprint density at radius 1 is 1.13 bits per heavy atom. The monoisotopic (exact) mass is 326 g/mol. The summed E-state index contributed by atoms with van der Waals surface area (Å²) >= 11 is 0. The van der Waals surface area contributed by atoms with Crippen LogP contribution in [0.15, 0.2) is 0 Å². The predicted octanol–water partition coefficient (Wildman–Crippen LogP) is -0.346. The maximum atomic E-state index is 12.6. The van der Waals surface area contributed by atoms with Gasteiger partial charge in [-0.3, -0.25) is 4.79 Å². The Bertz CT molecular complexity index is 478. The predicted molar refractivity (Wildman–Crippen MR) is 84.0 cm³/mol. The first kappa shape index (κ1) is 17.5. The first-order valence-corrected chi connectivity index (χ1v) is 8.09. The van der Waals surface area contributed by atoms with Gasteiger partial charge < -0.3 is 25.1 Å². The number of hydrogen-bond donors (Lipinski definition) is 2. The first-order chi connectivity index (χ1) is 10.8. The second kappa shape index (κ2) is 7.16. The van der Waals surface area contributed by atoms with Gasteiger partial charge in [-0.25, -0.2) is 9.59 Å². The molecule has 8 heteroatoms. The molecule has 0 radical (unpaired) electrons. The van der Waals surface area contributed by atoms with E-state index in [9.17, 15) is 19.5 Å². The summed E-state index contributed by atoms with van der Waals surface area (Å²) in [6.45, 7) is 6.41. The van der Waals surface area contributed by atoms with E-state index in [-0.39, 0.29) is 23.9 Å². The van der Waals surface area contributed by atoms with Gasteiger partial charge in [0.05, 0.1) is 6.04 Å². The molecule has 0 aromatic carbocycles. The molecule has 2 atom stereocenters. The molecule has 2 aliphatic rings. The minimum atomic E-state index is -0.998. The van der Waals surface area contributed by atoms with Crippen LogP contribution in [0, 0.1) is 5.92 Å². The summed E-state index contributed by atoms with van der Waals surface area (Å²) in [5.41, 5.74) is 0. The number of nitrogens with one attached hydrogen (secondary N) is 1. The Labute approximate surface area is 136 Å². The van der Waals surface area contributed by atoms with Crippen molar-refractivity contribution in [1.29, 1.82) is 0 Å². The van der Waals surface area contributed by atoms with Crippen molar-refractivity contribution in [2.75, 3.05) is 39.8 Å². The molecule has 130 valence electrons. The van der Waals surface area contributed by atoms with Gasteiger partial charge in [0, 0.05) is 39.8 Å². The van der Waals surface area contributed by atoms with Gasteiger partial charge in [-0.05, 0) is 12.3 Å². The van der Waals surface area contributed by atoms with Crippen molar-refractivity contribution in [3.8, 4) is 0 Å². The SMILES string of the molecule is CC(C)[C@@H](C(=O)O)N(C)C(=O)N1CCCN(C(=O)[C@H]2CN2)CC1. The molecule has 0 aromatic rings. The molecule has 2 fully saturated rings. The Balaban J connectivity index is 1.96. The van der Waals surface area contributed by atoms with Crippen molar-refractivity contribution in [1.82, 2.24) is 20.0 Å². The largest absolute Gasteiger partial charge is 0.480 e. The van der Waals surface area contributed by atoms with Crippen LogP contribution in [0.4, 0.5) is 4.79 Å². The molecule has 0 saturated carbocycles. The van der Waals surface area contributed by atoms with Crippen molar-refractivity contribution in [2.24, 2.45) is 5.92 Å². The molecule has 0 unspecified atom stereocenters. The fourth-order valence-corrected chi connectivity index (χ4v) is 3.02. The molecule has 0 bridgehead atoms. The first-order valence-electron chi connectivity index (χ1n) is 8.09. The van der Waals surface area contributed by atoms with Crippen LogP contribution in [0.2, 0.25) is 0 Å². The minimum Gasteiger partial charge on any atom is -0.480 e.